The van der Waals surface area contributed by atoms with Gasteiger partial charge in [0.1, 0.15) is 10.7 Å². The number of hydrogen-bond acceptors (Lipinski definition) is 5. The first kappa shape index (κ1) is 21.0. The average Bonchev–Trinajstić information content (AvgIpc) is 3.24. The lowest BCUT2D eigenvalue weighted by Crippen LogP contribution is -2.50. The Morgan fingerprint density at radius 3 is 2.29 bits per heavy atom. The van der Waals surface area contributed by atoms with Crippen LogP contribution in [0, 0.1) is 5.82 Å². The summed E-state index contributed by atoms with van der Waals surface area (Å²) in [5, 5.41) is 4.37. The van der Waals surface area contributed by atoms with Gasteiger partial charge in [0.05, 0.1) is 19.0 Å². The summed E-state index contributed by atoms with van der Waals surface area (Å²) in [6.07, 6.45) is 1.63. The molecule has 0 atom stereocenters. The number of sulfonamides is 1. The second kappa shape index (κ2) is 8.48. The van der Waals surface area contributed by atoms with Gasteiger partial charge in [-0.1, -0.05) is 30.3 Å². The molecule has 3 aromatic rings. The minimum atomic E-state index is -3.98. The number of rotatable bonds is 5. The van der Waals surface area contributed by atoms with E-state index in [0.29, 0.717) is 5.75 Å². The molecule has 162 valence electrons. The fourth-order valence-electron chi connectivity index (χ4n) is 3.44. The Morgan fingerprint density at radius 1 is 1.00 bits per heavy atom. The van der Waals surface area contributed by atoms with E-state index in [0.717, 1.165) is 11.8 Å². The molecule has 0 unspecified atom stereocenters. The molecule has 31 heavy (non-hydrogen) atoms. The van der Waals surface area contributed by atoms with Crippen LogP contribution in [-0.2, 0) is 10.0 Å². The number of amides is 1. The number of halogens is 1. The number of nitrogens with zero attached hydrogens (tertiary/aromatic N) is 4. The Morgan fingerprint density at radius 2 is 1.65 bits per heavy atom. The molecule has 8 nitrogen and oxygen atoms in total. The van der Waals surface area contributed by atoms with E-state index >= 15 is 0 Å². The molecule has 0 spiro atoms. The highest BCUT2D eigenvalue weighted by Gasteiger charge is 2.33. The molecule has 1 fully saturated rings. The van der Waals surface area contributed by atoms with Crippen LogP contribution in [0.1, 0.15) is 10.5 Å². The molecular weight excluding hydrogens is 423 g/mol. The maximum atomic E-state index is 14.0. The molecular formula is C21H21FN4O4S. The Labute approximate surface area is 179 Å². The first-order valence-electron chi connectivity index (χ1n) is 9.65. The van der Waals surface area contributed by atoms with Crippen molar-refractivity contribution < 1.29 is 22.3 Å². The van der Waals surface area contributed by atoms with Gasteiger partial charge in [0.25, 0.3) is 5.91 Å². The average molecular weight is 444 g/mol. The van der Waals surface area contributed by atoms with Crippen LogP contribution in [-0.4, -0.2) is 66.6 Å². The summed E-state index contributed by atoms with van der Waals surface area (Å²) < 4.78 is 47.6. The molecule has 2 aromatic carbocycles. The Hall–Kier alpha value is -3.24. The van der Waals surface area contributed by atoms with Gasteiger partial charge in [0.2, 0.25) is 10.0 Å². The summed E-state index contributed by atoms with van der Waals surface area (Å²) in [7, 11) is -2.51. The summed E-state index contributed by atoms with van der Waals surface area (Å²) in [5.41, 5.74) is 0.928. The summed E-state index contributed by atoms with van der Waals surface area (Å²) in [6, 6.07) is 14.6. The van der Waals surface area contributed by atoms with E-state index in [2.05, 4.69) is 5.10 Å². The zero-order valence-corrected chi connectivity index (χ0v) is 17.6. The van der Waals surface area contributed by atoms with Gasteiger partial charge in [-0.25, -0.2) is 17.5 Å². The number of piperazine rings is 1. The fourth-order valence-corrected chi connectivity index (χ4v) is 4.93. The van der Waals surface area contributed by atoms with E-state index < -0.39 is 15.8 Å². The summed E-state index contributed by atoms with van der Waals surface area (Å²) in [6.45, 7) is 0.440. The van der Waals surface area contributed by atoms with Crippen LogP contribution >= 0.6 is 0 Å². The van der Waals surface area contributed by atoms with Gasteiger partial charge >= 0.3 is 0 Å². The number of carbonyl (C=O) groups is 1. The van der Waals surface area contributed by atoms with Crippen molar-refractivity contribution in [1.82, 2.24) is 19.0 Å². The van der Waals surface area contributed by atoms with Crippen LogP contribution in [0.25, 0.3) is 5.69 Å². The van der Waals surface area contributed by atoms with Crippen molar-refractivity contribution in [3.8, 4) is 11.4 Å². The second-order valence-corrected chi connectivity index (χ2v) is 8.86. The standard InChI is InChI=1S/C21H21FN4O4S/c1-30-18-15-26(16-7-3-2-4-8-16)23-20(18)21(27)24-11-13-25(14-12-24)31(28,29)19-10-6-5-9-17(19)22/h2-10,15H,11-14H2,1H3. The highest BCUT2D eigenvalue weighted by Crippen LogP contribution is 2.24. The van der Waals surface area contributed by atoms with Crippen molar-refractivity contribution >= 4 is 15.9 Å². The summed E-state index contributed by atoms with van der Waals surface area (Å²) in [4.78, 5) is 14.2. The van der Waals surface area contributed by atoms with Gasteiger partial charge in [-0.3, -0.25) is 4.79 Å². The molecule has 10 heteroatoms. The highest BCUT2D eigenvalue weighted by atomic mass is 32.2. The lowest BCUT2D eigenvalue weighted by Gasteiger charge is -2.33. The fraction of sp³-hybridized carbons (Fsp3) is 0.238. The minimum absolute atomic E-state index is 0.0596. The van der Waals surface area contributed by atoms with Crippen LogP contribution in [0.4, 0.5) is 4.39 Å². The molecule has 1 amide bonds. The number of carbonyl (C=O) groups excluding carboxylic acids is 1. The van der Waals surface area contributed by atoms with Gasteiger partial charge in [0.15, 0.2) is 11.4 Å². The monoisotopic (exact) mass is 444 g/mol. The SMILES string of the molecule is COc1cn(-c2ccccc2)nc1C(=O)N1CCN(S(=O)(=O)c2ccccc2F)CC1. The van der Waals surface area contributed by atoms with Crippen LogP contribution in [0.5, 0.6) is 5.75 Å². The van der Waals surface area contributed by atoms with Gasteiger partial charge in [-0.05, 0) is 24.3 Å². The number of benzene rings is 2. The molecule has 0 saturated carbocycles. The van der Waals surface area contributed by atoms with Crippen LogP contribution in [0.3, 0.4) is 0 Å². The predicted octanol–water partition coefficient (Wildman–Crippen LogP) is 2.17. The third-order valence-electron chi connectivity index (χ3n) is 5.10. The third kappa shape index (κ3) is 4.04. The van der Waals surface area contributed by atoms with E-state index in [1.165, 1.54) is 34.5 Å². The van der Waals surface area contributed by atoms with Gasteiger partial charge in [-0.2, -0.15) is 9.40 Å². The summed E-state index contributed by atoms with van der Waals surface area (Å²) >= 11 is 0. The lowest BCUT2D eigenvalue weighted by atomic mass is 10.3. The van der Waals surface area contributed by atoms with Crippen LogP contribution in [0.2, 0.25) is 0 Å². The maximum absolute atomic E-state index is 14.0. The number of aromatic nitrogens is 2. The molecule has 0 aliphatic carbocycles. The van der Waals surface area contributed by atoms with Gasteiger partial charge < -0.3 is 9.64 Å². The Bertz CT molecular complexity index is 1190. The van der Waals surface area contributed by atoms with Crippen molar-refractivity contribution in [2.24, 2.45) is 0 Å². The van der Waals surface area contributed by atoms with E-state index in [4.69, 9.17) is 4.74 Å². The number of para-hydroxylation sites is 1. The van der Waals surface area contributed by atoms with Gasteiger partial charge in [-0.15, -0.1) is 0 Å². The lowest BCUT2D eigenvalue weighted by molar-refractivity contribution is 0.0688. The largest absolute Gasteiger partial charge is 0.493 e. The van der Waals surface area contributed by atoms with Crippen molar-refractivity contribution in [1.29, 1.82) is 0 Å². The quantitative estimate of drug-likeness (QED) is 0.602. The molecule has 0 bridgehead atoms. The third-order valence-corrected chi connectivity index (χ3v) is 7.04. The van der Waals surface area contributed by atoms with Crippen molar-refractivity contribution in [2.75, 3.05) is 33.3 Å². The van der Waals surface area contributed by atoms with E-state index in [1.807, 2.05) is 30.3 Å². The zero-order chi connectivity index (χ0) is 22.0. The molecule has 0 radical (unpaired) electrons. The molecule has 0 N–H and O–H groups in total. The molecule has 1 aliphatic heterocycles. The van der Waals surface area contributed by atoms with Crippen molar-refractivity contribution in [2.45, 2.75) is 4.90 Å². The van der Waals surface area contributed by atoms with Crippen LogP contribution < -0.4 is 4.74 Å². The molecule has 2 heterocycles. The number of hydrogen-bond donors (Lipinski definition) is 0. The highest BCUT2D eigenvalue weighted by molar-refractivity contribution is 7.89. The van der Waals surface area contributed by atoms with Crippen LogP contribution in [0.15, 0.2) is 65.7 Å². The zero-order valence-electron chi connectivity index (χ0n) is 16.8. The normalized spacial score (nSPS) is 15.1. The smallest absolute Gasteiger partial charge is 0.278 e. The molecule has 4 rings (SSSR count). The van der Waals surface area contributed by atoms with Gasteiger partial charge in [0, 0.05) is 26.2 Å². The second-order valence-electron chi connectivity index (χ2n) is 6.95. The Balaban J connectivity index is 1.50. The maximum Gasteiger partial charge on any atom is 0.278 e. The number of ether oxygens (including phenoxy) is 1. The number of methoxy groups -OCH3 is 1. The first-order chi connectivity index (χ1) is 14.9. The van der Waals surface area contributed by atoms with Crippen molar-refractivity contribution in [3.63, 3.8) is 0 Å². The Kier molecular flexibility index (Phi) is 5.75. The van der Waals surface area contributed by atoms with Crippen molar-refractivity contribution in [3.05, 3.63) is 72.3 Å². The minimum Gasteiger partial charge on any atom is -0.493 e. The van der Waals surface area contributed by atoms with E-state index in [-0.39, 0.29) is 42.7 Å². The predicted molar refractivity (Wildman–Crippen MR) is 111 cm³/mol. The van der Waals surface area contributed by atoms with E-state index in [9.17, 15) is 17.6 Å². The molecule has 1 aliphatic rings. The van der Waals surface area contributed by atoms with E-state index in [1.54, 1.807) is 10.9 Å². The molecule has 1 aromatic heterocycles. The molecule has 1 saturated heterocycles. The first-order valence-corrected chi connectivity index (χ1v) is 11.1. The summed E-state index contributed by atoms with van der Waals surface area (Å²) in [5.74, 6) is -0.818. The topological polar surface area (TPSA) is 84.7 Å².